The van der Waals surface area contributed by atoms with Gasteiger partial charge >= 0.3 is 20.1 Å². The first-order valence-electron chi connectivity index (χ1n) is 22.1. The first-order chi connectivity index (χ1) is 30.3. The maximum absolute atomic E-state index is 4.76. The normalized spacial score (nSPS) is 13.6. The summed E-state index contributed by atoms with van der Waals surface area (Å²) in [6.07, 6.45) is 15.0. The van der Waals surface area contributed by atoms with Gasteiger partial charge in [-0.25, -0.2) is 0 Å². The Kier molecular flexibility index (Phi) is 14.2. The largest absolute Gasteiger partial charge is 3.00 e. The molecule has 9 aromatic rings. The van der Waals surface area contributed by atoms with Crippen LogP contribution in [0.25, 0.3) is 53.9 Å². The molecule has 0 N–H and O–H groups in total. The van der Waals surface area contributed by atoms with Gasteiger partial charge in [0.1, 0.15) is 0 Å². The monoisotopic (exact) mass is 1020 g/mol. The number of hydrogen-bond donors (Lipinski definition) is 0. The molecule has 0 unspecified atom stereocenters. The quantitative estimate of drug-likeness (QED) is 0.128. The van der Waals surface area contributed by atoms with Crippen LogP contribution in [0.4, 0.5) is 0 Å². The van der Waals surface area contributed by atoms with E-state index in [0.29, 0.717) is 11.3 Å². The molecule has 0 spiro atoms. The summed E-state index contributed by atoms with van der Waals surface area (Å²) >= 11 is 1.81. The minimum Gasteiger partial charge on any atom is -0.305 e. The Morgan fingerprint density at radius 2 is 1.22 bits per heavy atom. The van der Waals surface area contributed by atoms with Gasteiger partial charge in [-0.2, -0.15) is 11.3 Å². The van der Waals surface area contributed by atoms with Gasteiger partial charge in [0.15, 0.2) is 0 Å². The number of pyridine rings is 3. The van der Waals surface area contributed by atoms with Crippen molar-refractivity contribution in [3.05, 3.63) is 210 Å². The van der Waals surface area contributed by atoms with E-state index in [1.54, 1.807) is 5.56 Å². The van der Waals surface area contributed by atoms with E-state index in [1.807, 2.05) is 78.5 Å². The maximum atomic E-state index is 4.76. The zero-order valence-electron chi connectivity index (χ0n) is 36.3. The summed E-state index contributed by atoms with van der Waals surface area (Å²) in [5, 5.41) is 2.61. The molecule has 4 aromatic heterocycles. The molecule has 63 heavy (non-hydrogen) atoms. The van der Waals surface area contributed by atoms with Crippen LogP contribution in [0.2, 0.25) is 0 Å². The van der Waals surface area contributed by atoms with E-state index in [-0.39, 0.29) is 20.1 Å². The van der Waals surface area contributed by atoms with Gasteiger partial charge in [-0.15, -0.1) is 94.5 Å². The zero-order valence-corrected chi connectivity index (χ0v) is 39.5. The number of aryl methyl sites for hydroxylation is 5. The second kappa shape index (κ2) is 20.3. The first-order valence-corrected chi connectivity index (χ1v) is 22.9. The van der Waals surface area contributed by atoms with Crippen LogP contribution in [-0.2, 0) is 45.8 Å². The fourth-order valence-electron chi connectivity index (χ4n) is 8.70. The van der Waals surface area contributed by atoms with Crippen LogP contribution in [0.1, 0.15) is 78.8 Å². The molecule has 0 atom stereocenters. The molecule has 4 heterocycles. The molecule has 1 aliphatic carbocycles. The summed E-state index contributed by atoms with van der Waals surface area (Å²) in [6.45, 7) is 6.95. The Bertz CT molecular complexity index is 2860. The van der Waals surface area contributed by atoms with Crippen molar-refractivity contribution in [2.75, 3.05) is 0 Å². The fraction of sp³-hybridized carbons (Fsp3) is 0.224. The van der Waals surface area contributed by atoms with Crippen LogP contribution in [0.15, 0.2) is 158 Å². The van der Waals surface area contributed by atoms with Crippen molar-refractivity contribution in [2.24, 2.45) is 5.41 Å². The standard InChI is InChI=1S/C41H42N2.C17H10NS.Ir/c1-30-7-16-36(17-8-30)40-20-15-32(29-43-40)10-12-34-26-33(27-38(28-34)35-21-23-41(2,3)24-22-35)11-9-31-13-18-37(19-14-31)39-6-4-5-25-42-39;1-2-10-16-12(6-1)13-7-5-8-14(17(13)19-16)15-9-3-4-11-18-15;/h4-8,13-16,18,20,25-29,35H,9-12,21-24H2,1-3H3;1-7,9-11H;/q-2;-1;+3. The van der Waals surface area contributed by atoms with Crippen LogP contribution >= 0.6 is 11.3 Å². The summed E-state index contributed by atoms with van der Waals surface area (Å²) in [6, 6.07) is 59.4. The average molecular weight is 1020 g/mol. The SMILES string of the molecule is Cc1c[c-]c(-c2ccc(CCc3cc(CCc4c[c-]c(-c5ccccn5)cc4)cc(C4CCC(C)(C)CC4)c3)cn2)cc1.[Ir+3].[c-]1ccc2c(sc3ccccc32)c1-c1ccccn1. The van der Waals surface area contributed by atoms with Crippen molar-refractivity contribution in [1.82, 2.24) is 15.0 Å². The predicted octanol–water partition coefficient (Wildman–Crippen LogP) is 14.9. The van der Waals surface area contributed by atoms with Gasteiger partial charge in [0.25, 0.3) is 0 Å². The summed E-state index contributed by atoms with van der Waals surface area (Å²) in [5.41, 5.74) is 14.9. The average Bonchev–Trinajstić information content (AvgIpc) is 3.71. The third kappa shape index (κ3) is 11.0. The van der Waals surface area contributed by atoms with Crippen molar-refractivity contribution in [2.45, 2.75) is 78.1 Å². The summed E-state index contributed by atoms with van der Waals surface area (Å²) in [7, 11) is 0. The number of thiophene rings is 1. The maximum Gasteiger partial charge on any atom is 3.00 e. The Balaban J connectivity index is 0.000000226. The number of rotatable bonds is 10. The number of hydrogen-bond acceptors (Lipinski definition) is 4. The van der Waals surface area contributed by atoms with Crippen molar-refractivity contribution < 1.29 is 20.1 Å². The predicted molar refractivity (Wildman–Crippen MR) is 259 cm³/mol. The second-order valence-electron chi connectivity index (χ2n) is 17.6. The molecule has 1 saturated carbocycles. The van der Waals surface area contributed by atoms with Crippen molar-refractivity contribution in [1.29, 1.82) is 0 Å². The molecule has 10 rings (SSSR count). The van der Waals surface area contributed by atoms with E-state index in [2.05, 4.69) is 140 Å². The summed E-state index contributed by atoms with van der Waals surface area (Å²) in [5.74, 6) is 0.671. The Labute approximate surface area is 391 Å². The molecule has 3 nitrogen and oxygen atoms in total. The van der Waals surface area contributed by atoms with Gasteiger partial charge in [0, 0.05) is 23.3 Å². The van der Waals surface area contributed by atoms with Gasteiger partial charge in [-0.3, -0.25) is 0 Å². The Morgan fingerprint density at radius 1 is 0.587 bits per heavy atom. The van der Waals surface area contributed by atoms with Crippen molar-refractivity contribution in [3.8, 4) is 33.8 Å². The Morgan fingerprint density at radius 3 is 1.87 bits per heavy atom. The van der Waals surface area contributed by atoms with E-state index in [4.69, 9.17) is 4.98 Å². The van der Waals surface area contributed by atoms with Crippen LogP contribution < -0.4 is 0 Å². The third-order valence-electron chi connectivity index (χ3n) is 12.4. The minimum absolute atomic E-state index is 0. The molecule has 1 aliphatic rings. The van der Waals surface area contributed by atoms with Gasteiger partial charge < -0.3 is 15.0 Å². The molecule has 5 aromatic carbocycles. The van der Waals surface area contributed by atoms with Crippen LogP contribution in [0, 0.1) is 30.5 Å². The second-order valence-corrected chi connectivity index (χ2v) is 18.6. The van der Waals surface area contributed by atoms with Crippen LogP contribution in [-0.4, -0.2) is 15.0 Å². The van der Waals surface area contributed by atoms with Gasteiger partial charge in [-0.1, -0.05) is 105 Å². The van der Waals surface area contributed by atoms with E-state index < -0.39 is 0 Å². The van der Waals surface area contributed by atoms with Gasteiger partial charge in [0.2, 0.25) is 0 Å². The van der Waals surface area contributed by atoms with E-state index in [9.17, 15) is 0 Å². The molecular weight excluding hydrogens is 963 g/mol. The molecule has 0 amide bonds. The fourth-order valence-corrected chi connectivity index (χ4v) is 9.91. The molecule has 1 fully saturated rings. The summed E-state index contributed by atoms with van der Waals surface area (Å²) in [4.78, 5) is 13.7. The molecule has 5 heteroatoms. The smallest absolute Gasteiger partial charge is 0.305 e. The number of fused-ring (bicyclic) bond motifs is 3. The van der Waals surface area contributed by atoms with Crippen molar-refractivity contribution in [3.63, 3.8) is 0 Å². The van der Waals surface area contributed by atoms with E-state index >= 15 is 0 Å². The van der Waals surface area contributed by atoms with Gasteiger partial charge in [-0.05, 0) is 124 Å². The molecule has 314 valence electrons. The van der Waals surface area contributed by atoms with Crippen LogP contribution in [0.5, 0.6) is 0 Å². The topological polar surface area (TPSA) is 38.7 Å². The molecule has 0 radical (unpaired) electrons. The number of benzene rings is 5. The minimum atomic E-state index is 0. The number of nitrogens with zero attached hydrogens (tertiary/aromatic N) is 3. The molecular formula is C58H52IrN3S. The van der Waals surface area contributed by atoms with Crippen LogP contribution in [0.3, 0.4) is 0 Å². The zero-order chi connectivity index (χ0) is 42.3. The third-order valence-corrected chi connectivity index (χ3v) is 13.6. The van der Waals surface area contributed by atoms with Crippen molar-refractivity contribution >= 4 is 31.5 Å². The molecule has 0 saturated heterocycles. The van der Waals surface area contributed by atoms with E-state index in [1.165, 1.54) is 73.7 Å². The molecule has 0 aliphatic heterocycles. The molecule has 0 bridgehead atoms. The van der Waals surface area contributed by atoms with Gasteiger partial charge in [0.05, 0.1) is 0 Å². The van der Waals surface area contributed by atoms with E-state index in [0.717, 1.165) is 59.5 Å². The first kappa shape index (κ1) is 44.0. The summed E-state index contributed by atoms with van der Waals surface area (Å²) < 4.78 is 2.58. The number of aromatic nitrogens is 3. The Hall–Kier alpha value is -5.58.